The van der Waals surface area contributed by atoms with Crippen LogP contribution in [0.4, 0.5) is 0 Å². The average molecular weight is 818 g/mol. The number of rotatable bonds is 5. The summed E-state index contributed by atoms with van der Waals surface area (Å²) < 4.78 is 9.17. The van der Waals surface area contributed by atoms with Crippen LogP contribution in [0.15, 0.2) is 212 Å². The SMILES string of the molecule is c1ccc(-n2c3ccccc3c3c2ccc2c4ccccc4n(-c4ccc(-c5nc(-n6c7ccccc7c7ccccc76)nc(-n6c7ccccc7c7ccccc76)n5)cc4)c23)cc1. The Bertz CT molecular complexity index is 3950. The van der Waals surface area contributed by atoms with E-state index in [4.69, 9.17) is 15.0 Å². The number of aromatic nitrogens is 7. The van der Waals surface area contributed by atoms with E-state index < -0.39 is 0 Å². The third-order valence-corrected chi connectivity index (χ3v) is 13.0. The lowest BCUT2D eigenvalue weighted by Gasteiger charge is -2.13. The number of benzene rings is 9. The summed E-state index contributed by atoms with van der Waals surface area (Å²) in [6.07, 6.45) is 0. The van der Waals surface area contributed by atoms with E-state index >= 15 is 0 Å². The summed E-state index contributed by atoms with van der Waals surface area (Å²) in [5, 5.41) is 9.46. The van der Waals surface area contributed by atoms with Crippen LogP contribution in [0.1, 0.15) is 0 Å². The fourth-order valence-corrected chi connectivity index (χ4v) is 10.4. The molecule has 14 aromatic rings. The average Bonchev–Trinajstić information content (AvgIpc) is 4.09. The van der Waals surface area contributed by atoms with Crippen molar-refractivity contribution < 1.29 is 0 Å². The van der Waals surface area contributed by atoms with E-state index in [1.165, 1.54) is 38.1 Å². The van der Waals surface area contributed by atoms with Gasteiger partial charge in [-0.2, -0.15) is 15.0 Å². The summed E-state index contributed by atoms with van der Waals surface area (Å²) in [4.78, 5) is 16.0. The maximum absolute atomic E-state index is 5.35. The van der Waals surface area contributed by atoms with Crippen molar-refractivity contribution in [1.82, 2.24) is 33.2 Å². The van der Waals surface area contributed by atoms with Gasteiger partial charge in [-0.3, -0.25) is 9.13 Å². The Morgan fingerprint density at radius 2 is 0.641 bits per heavy atom. The quantitative estimate of drug-likeness (QED) is 0.174. The van der Waals surface area contributed by atoms with Crippen molar-refractivity contribution in [2.24, 2.45) is 0 Å². The molecule has 0 bridgehead atoms. The Hall–Kier alpha value is -8.81. The first kappa shape index (κ1) is 34.9. The molecule has 7 heteroatoms. The molecule has 0 amide bonds. The molecule has 7 nitrogen and oxygen atoms in total. The Labute approximate surface area is 366 Å². The standard InChI is InChI=1S/C57H35N7/c1-2-16-37(17-3-1)61-51-29-15-9-23-45(51)53-52(61)35-34-44-43-22-8-10-24-46(43)62(54(44)53)38-32-30-36(31-33-38)55-58-56(63-47-25-11-4-18-39(47)40-19-5-12-26-48(40)63)60-57(59-55)64-49-27-13-6-20-41(49)42-21-7-14-28-50(42)64/h1-35H. The molecule has 5 heterocycles. The van der Waals surface area contributed by atoms with E-state index in [0.29, 0.717) is 17.7 Å². The van der Waals surface area contributed by atoms with Crippen LogP contribution in [0.2, 0.25) is 0 Å². The predicted molar refractivity (Wildman–Crippen MR) is 263 cm³/mol. The fourth-order valence-electron chi connectivity index (χ4n) is 10.4. The zero-order chi connectivity index (χ0) is 41.9. The second kappa shape index (κ2) is 13.3. The molecule has 298 valence electrons. The van der Waals surface area contributed by atoms with E-state index in [9.17, 15) is 0 Å². The molecule has 0 atom stereocenters. The first-order chi connectivity index (χ1) is 31.8. The van der Waals surface area contributed by atoms with E-state index in [0.717, 1.165) is 66.1 Å². The normalized spacial score (nSPS) is 12.1. The minimum absolute atomic E-state index is 0.558. The number of nitrogens with zero attached hydrogens (tertiary/aromatic N) is 7. The van der Waals surface area contributed by atoms with Gasteiger partial charge in [0.2, 0.25) is 11.9 Å². The molecule has 0 radical (unpaired) electrons. The summed E-state index contributed by atoms with van der Waals surface area (Å²) in [5.41, 5.74) is 11.9. The van der Waals surface area contributed by atoms with Gasteiger partial charge in [0.25, 0.3) is 0 Å². The van der Waals surface area contributed by atoms with Crippen LogP contribution in [0.3, 0.4) is 0 Å². The second-order valence-electron chi connectivity index (χ2n) is 16.4. The highest BCUT2D eigenvalue weighted by molar-refractivity contribution is 6.26. The van der Waals surface area contributed by atoms with E-state index in [-0.39, 0.29) is 0 Å². The predicted octanol–water partition coefficient (Wildman–Crippen LogP) is 13.9. The number of fused-ring (bicyclic) bond motifs is 13. The first-order valence-corrected chi connectivity index (χ1v) is 21.6. The Morgan fingerprint density at radius 1 is 0.250 bits per heavy atom. The van der Waals surface area contributed by atoms with Gasteiger partial charge in [0.05, 0.1) is 44.1 Å². The molecular weight excluding hydrogens is 783 g/mol. The maximum atomic E-state index is 5.35. The zero-order valence-electron chi connectivity index (χ0n) is 34.3. The lowest BCUT2D eigenvalue weighted by Crippen LogP contribution is -2.10. The molecule has 0 N–H and O–H groups in total. The molecule has 14 rings (SSSR count). The van der Waals surface area contributed by atoms with Crippen LogP contribution in [-0.2, 0) is 0 Å². The van der Waals surface area contributed by atoms with Crippen molar-refractivity contribution >= 4 is 87.2 Å². The molecule has 0 fully saturated rings. The van der Waals surface area contributed by atoms with Crippen molar-refractivity contribution in [3.63, 3.8) is 0 Å². The molecule has 0 aliphatic heterocycles. The van der Waals surface area contributed by atoms with Gasteiger partial charge in [0.15, 0.2) is 5.82 Å². The first-order valence-electron chi connectivity index (χ1n) is 21.6. The van der Waals surface area contributed by atoms with Crippen molar-refractivity contribution in [3.05, 3.63) is 212 Å². The zero-order valence-corrected chi connectivity index (χ0v) is 34.3. The fraction of sp³-hybridized carbons (Fsp3) is 0. The monoisotopic (exact) mass is 817 g/mol. The Morgan fingerprint density at radius 3 is 1.14 bits per heavy atom. The lowest BCUT2D eigenvalue weighted by molar-refractivity contribution is 0.893. The highest BCUT2D eigenvalue weighted by Crippen LogP contribution is 2.42. The number of para-hydroxylation sites is 7. The smallest absolute Gasteiger partial charge is 0.240 e. The highest BCUT2D eigenvalue weighted by Gasteiger charge is 2.23. The maximum Gasteiger partial charge on any atom is 0.240 e. The third kappa shape index (κ3) is 4.89. The Kier molecular flexibility index (Phi) is 7.27. The van der Waals surface area contributed by atoms with E-state index in [1.807, 2.05) is 0 Å². The molecule has 9 aromatic carbocycles. The minimum atomic E-state index is 0.558. The largest absolute Gasteiger partial charge is 0.309 e. The Balaban J connectivity index is 1.02. The third-order valence-electron chi connectivity index (χ3n) is 13.0. The van der Waals surface area contributed by atoms with Crippen LogP contribution in [0.25, 0.3) is 122 Å². The van der Waals surface area contributed by atoms with E-state index in [1.54, 1.807) is 0 Å². The summed E-state index contributed by atoms with van der Waals surface area (Å²) in [7, 11) is 0. The molecule has 0 aliphatic carbocycles. The van der Waals surface area contributed by atoms with Crippen LogP contribution in [0.5, 0.6) is 0 Å². The van der Waals surface area contributed by atoms with Crippen LogP contribution >= 0.6 is 0 Å². The summed E-state index contributed by atoms with van der Waals surface area (Å²) in [5.74, 6) is 1.71. The molecular formula is C57H35N7. The van der Waals surface area contributed by atoms with Gasteiger partial charge < -0.3 is 9.13 Å². The molecule has 0 spiro atoms. The molecule has 5 aromatic heterocycles. The summed E-state index contributed by atoms with van der Waals surface area (Å²) in [6, 6.07) is 75.4. The molecule has 64 heavy (non-hydrogen) atoms. The lowest BCUT2D eigenvalue weighted by atomic mass is 10.1. The van der Waals surface area contributed by atoms with Crippen molar-refractivity contribution in [2.75, 3.05) is 0 Å². The summed E-state index contributed by atoms with van der Waals surface area (Å²) >= 11 is 0. The summed E-state index contributed by atoms with van der Waals surface area (Å²) in [6.45, 7) is 0. The van der Waals surface area contributed by atoms with Gasteiger partial charge in [0, 0.05) is 60.0 Å². The highest BCUT2D eigenvalue weighted by atomic mass is 15.3. The number of hydrogen-bond acceptors (Lipinski definition) is 3. The van der Waals surface area contributed by atoms with Crippen LogP contribution in [-0.4, -0.2) is 33.2 Å². The van der Waals surface area contributed by atoms with Gasteiger partial charge in [0.1, 0.15) is 0 Å². The molecule has 0 saturated carbocycles. The molecule has 0 saturated heterocycles. The van der Waals surface area contributed by atoms with Gasteiger partial charge in [-0.05, 0) is 78.9 Å². The molecule has 0 aliphatic rings. The van der Waals surface area contributed by atoms with Crippen molar-refractivity contribution in [1.29, 1.82) is 0 Å². The minimum Gasteiger partial charge on any atom is -0.309 e. The second-order valence-corrected chi connectivity index (χ2v) is 16.4. The van der Waals surface area contributed by atoms with Crippen LogP contribution in [0, 0.1) is 0 Å². The molecule has 0 unspecified atom stereocenters. The topological polar surface area (TPSA) is 58.4 Å². The van der Waals surface area contributed by atoms with Crippen molar-refractivity contribution in [2.45, 2.75) is 0 Å². The van der Waals surface area contributed by atoms with Gasteiger partial charge in [-0.25, -0.2) is 0 Å². The van der Waals surface area contributed by atoms with Gasteiger partial charge in [-0.1, -0.05) is 133 Å². The van der Waals surface area contributed by atoms with E-state index in [2.05, 4.69) is 231 Å². The van der Waals surface area contributed by atoms with Crippen LogP contribution < -0.4 is 0 Å². The van der Waals surface area contributed by atoms with Gasteiger partial charge >= 0.3 is 0 Å². The van der Waals surface area contributed by atoms with Gasteiger partial charge in [-0.15, -0.1) is 0 Å². The number of hydrogen-bond donors (Lipinski definition) is 0. The van der Waals surface area contributed by atoms with Crippen molar-refractivity contribution in [3.8, 4) is 34.7 Å².